The lowest BCUT2D eigenvalue weighted by molar-refractivity contribution is 0.262. The van der Waals surface area contributed by atoms with Gasteiger partial charge >= 0.3 is 0 Å². The molecule has 3 unspecified atom stereocenters. The van der Waals surface area contributed by atoms with Crippen molar-refractivity contribution in [1.29, 1.82) is 0 Å². The Morgan fingerprint density at radius 3 is 3.07 bits per heavy atom. The number of aromatic amines is 1. The van der Waals surface area contributed by atoms with Crippen molar-refractivity contribution in [1.82, 2.24) is 34.7 Å². The molecule has 1 saturated carbocycles. The largest absolute Gasteiger partial charge is 0.388 e. The van der Waals surface area contributed by atoms with Crippen LogP contribution in [0.3, 0.4) is 0 Å². The van der Waals surface area contributed by atoms with Crippen molar-refractivity contribution in [2.24, 2.45) is 11.8 Å². The Hall–Kier alpha value is -2.81. The number of hydrogen-bond donors (Lipinski definition) is 2. The summed E-state index contributed by atoms with van der Waals surface area (Å²) in [5.74, 6) is 3.26. The van der Waals surface area contributed by atoms with Crippen molar-refractivity contribution < 1.29 is 9.63 Å². The molecule has 1 aliphatic carbocycles. The number of fused-ring (bicyclic) bond motifs is 3. The molecule has 4 aromatic rings. The van der Waals surface area contributed by atoms with Crippen molar-refractivity contribution in [3.05, 3.63) is 36.0 Å². The van der Waals surface area contributed by atoms with Gasteiger partial charge in [0, 0.05) is 18.5 Å². The van der Waals surface area contributed by atoms with Crippen LogP contribution in [0.1, 0.15) is 49.6 Å². The van der Waals surface area contributed by atoms with Crippen LogP contribution >= 0.6 is 0 Å². The molecule has 27 heavy (non-hydrogen) atoms. The number of nitrogens with zero attached hydrogens (tertiary/aromatic N) is 6. The maximum atomic E-state index is 9.12. The molecule has 9 nitrogen and oxygen atoms in total. The van der Waals surface area contributed by atoms with Crippen LogP contribution in [0.5, 0.6) is 0 Å². The molecule has 140 valence electrons. The Balaban J connectivity index is 1.47. The minimum atomic E-state index is -0.194. The molecule has 0 aromatic carbocycles. The highest BCUT2D eigenvalue weighted by atomic mass is 16.5. The van der Waals surface area contributed by atoms with Crippen LogP contribution in [0.2, 0.25) is 0 Å². The topological polar surface area (TPSA) is 118 Å². The first-order valence-corrected chi connectivity index (χ1v) is 9.36. The summed E-state index contributed by atoms with van der Waals surface area (Å²) in [7, 11) is 0. The average molecular weight is 367 g/mol. The molecule has 0 amide bonds. The fourth-order valence-electron chi connectivity index (χ4n) is 4.50. The zero-order chi connectivity index (χ0) is 18.4. The van der Waals surface area contributed by atoms with E-state index in [1.165, 1.54) is 0 Å². The van der Waals surface area contributed by atoms with Crippen LogP contribution in [0.4, 0.5) is 0 Å². The SMILES string of the molecule is CCC1CC(Cc2nc(CO)no2)CC1c1nnc2cnc3[nH]ccc3n12. The van der Waals surface area contributed by atoms with E-state index in [2.05, 4.69) is 41.6 Å². The van der Waals surface area contributed by atoms with Crippen LogP contribution in [0.25, 0.3) is 16.8 Å². The number of hydrogen-bond acceptors (Lipinski definition) is 7. The summed E-state index contributed by atoms with van der Waals surface area (Å²) in [5.41, 5.74) is 2.63. The number of aliphatic hydroxyl groups is 1. The van der Waals surface area contributed by atoms with E-state index in [9.17, 15) is 0 Å². The van der Waals surface area contributed by atoms with Gasteiger partial charge in [0.2, 0.25) is 5.89 Å². The molecule has 0 radical (unpaired) electrons. The highest BCUT2D eigenvalue weighted by Crippen LogP contribution is 2.45. The third kappa shape index (κ3) is 2.69. The Morgan fingerprint density at radius 2 is 2.26 bits per heavy atom. The number of H-pyrrole nitrogens is 1. The van der Waals surface area contributed by atoms with Gasteiger partial charge in [-0.25, -0.2) is 4.98 Å². The van der Waals surface area contributed by atoms with E-state index in [4.69, 9.17) is 9.63 Å². The van der Waals surface area contributed by atoms with Crippen LogP contribution in [0, 0.1) is 11.8 Å². The van der Waals surface area contributed by atoms with Crippen LogP contribution in [0.15, 0.2) is 23.0 Å². The first kappa shape index (κ1) is 16.4. The summed E-state index contributed by atoms with van der Waals surface area (Å²) in [6, 6.07) is 2.02. The molecule has 5 rings (SSSR count). The van der Waals surface area contributed by atoms with E-state index < -0.39 is 0 Å². The number of aromatic nitrogens is 7. The molecule has 0 bridgehead atoms. The smallest absolute Gasteiger partial charge is 0.227 e. The van der Waals surface area contributed by atoms with Gasteiger partial charge in [-0.05, 0) is 30.7 Å². The highest BCUT2D eigenvalue weighted by Gasteiger charge is 2.37. The predicted molar refractivity (Wildman–Crippen MR) is 95.8 cm³/mol. The van der Waals surface area contributed by atoms with Gasteiger partial charge in [-0.2, -0.15) is 4.98 Å². The molecule has 0 saturated heterocycles. The molecule has 2 N–H and O–H groups in total. The Labute approximate surface area is 154 Å². The molecule has 4 heterocycles. The fraction of sp³-hybridized carbons (Fsp3) is 0.500. The third-order valence-electron chi connectivity index (χ3n) is 5.73. The van der Waals surface area contributed by atoms with Gasteiger partial charge in [0.05, 0.1) is 11.7 Å². The molecule has 3 atom stereocenters. The zero-order valence-corrected chi connectivity index (χ0v) is 15.0. The van der Waals surface area contributed by atoms with Crippen LogP contribution in [-0.4, -0.2) is 39.8 Å². The van der Waals surface area contributed by atoms with Gasteiger partial charge in [-0.1, -0.05) is 18.5 Å². The Kier molecular flexibility index (Phi) is 3.89. The number of rotatable bonds is 5. The van der Waals surface area contributed by atoms with E-state index in [0.29, 0.717) is 29.5 Å². The lowest BCUT2D eigenvalue weighted by atomic mass is 9.93. The first-order valence-electron chi connectivity index (χ1n) is 9.36. The van der Waals surface area contributed by atoms with Crippen molar-refractivity contribution >= 4 is 16.8 Å². The Morgan fingerprint density at radius 1 is 1.33 bits per heavy atom. The quantitative estimate of drug-likeness (QED) is 0.555. The highest BCUT2D eigenvalue weighted by molar-refractivity contribution is 5.74. The normalized spacial score (nSPS) is 23.0. The summed E-state index contributed by atoms with van der Waals surface area (Å²) in [6.45, 7) is 2.04. The van der Waals surface area contributed by atoms with Crippen molar-refractivity contribution in [2.75, 3.05) is 0 Å². The van der Waals surface area contributed by atoms with Gasteiger partial charge in [0.25, 0.3) is 0 Å². The summed E-state index contributed by atoms with van der Waals surface area (Å²) < 4.78 is 7.39. The van der Waals surface area contributed by atoms with Gasteiger partial charge in [0.1, 0.15) is 12.4 Å². The number of aliphatic hydroxyl groups excluding tert-OH is 1. The van der Waals surface area contributed by atoms with E-state index in [1.54, 1.807) is 6.20 Å². The standard InChI is InChI=1S/C18H21N7O2/c1-2-11-5-10(7-16-21-14(9-26)24-27-16)6-12(11)18-23-22-15-8-20-17-13(25(15)18)3-4-19-17/h3-4,8,10-12,19,26H,2,5-7,9H2,1H3. The first-order chi connectivity index (χ1) is 13.3. The summed E-state index contributed by atoms with van der Waals surface area (Å²) in [6.07, 6.45) is 7.57. The van der Waals surface area contributed by atoms with Crippen LogP contribution in [-0.2, 0) is 13.0 Å². The molecular weight excluding hydrogens is 346 g/mol. The predicted octanol–water partition coefficient (Wildman–Crippen LogP) is 2.24. The van der Waals surface area contributed by atoms with E-state index in [-0.39, 0.29) is 6.61 Å². The van der Waals surface area contributed by atoms with Crippen LogP contribution < -0.4 is 0 Å². The van der Waals surface area contributed by atoms with Gasteiger partial charge in [-0.3, -0.25) is 4.40 Å². The monoisotopic (exact) mass is 367 g/mol. The van der Waals surface area contributed by atoms with E-state index >= 15 is 0 Å². The second-order valence-electron chi connectivity index (χ2n) is 7.30. The Bertz CT molecular complexity index is 1080. The van der Waals surface area contributed by atoms with Crippen molar-refractivity contribution in [2.45, 2.75) is 45.1 Å². The summed E-state index contributed by atoms with van der Waals surface area (Å²) >= 11 is 0. The summed E-state index contributed by atoms with van der Waals surface area (Å²) in [5, 5.41) is 21.8. The zero-order valence-electron chi connectivity index (χ0n) is 15.0. The fourth-order valence-corrected chi connectivity index (χ4v) is 4.50. The maximum Gasteiger partial charge on any atom is 0.227 e. The minimum Gasteiger partial charge on any atom is -0.388 e. The van der Waals surface area contributed by atoms with Gasteiger partial charge in [-0.15, -0.1) is 10.2 Å². The van der Waals surface area contributed by atoms with Gasteiger partial charge in [0.15, 0.2) is 17.1 Å². The molecule has 0 aliphatic heterocycles. The lowest BCUT2D eigenvalue weighted by Crippen LogP contribution is -2.09. The van der Waals surface area contributed by atoms with Crippen molar-refractivity contribution in [3.63, 3.8) is 0 Å². The molecule has 9 heteroatoms. The number of nitrogens with one attached hydrogen (secondary N) is 1. The third-order valence-corrected chi connectivity index (χ3v) is 5.73. The molecule has 0 spiro atoms. The van der Waals surface area contributed by atoms with Crippen molar-refractivity contribution in [3.8, 4) is 0 Å². The lowest BCUT2D eigenvalue weighted by Gasteiger charge is -2.16. The minimum absolute atomic E-state index is 0.194. The van der Waals surface area contributed by atoms with E-state index in [1.807, 2.05) is 12.3 Å². The molecule has 1 fully saturated rings. The summed E-state index contributed by atoms with van der Waals surface area (Å²) in [4.78, 5) is 11.8. The van der Waals surface area contributed by atoms with Gasteiger partial charge < -0.3 is 14.6 Å². The molecule has 1 aliphatic rings. The second-order valence-corrected chi connectivity index (χ2v) is 7.30. The molecular formula is C18H21N7O2. The second kappa shape index (κ2) is 6.41. The maximum absolute atomic E-state index is 9.12. The van der Waals surface area contributed by atoms with E-state index in [0.717, 1.165) is 48.3 Å². The molecule has 4 aromatic heterocycles. The average Bonchev–Trinajstić information content (AvgIpc) is 3.45.